The average molecular weight is 280 g/mol. The first-order valence-corrected chi connectivity index (χ1v) is 5.20. The van der Waals surface area contributed by atoms with Crippen molar-refractivity contribution < 1.29 is 13.2 Å². The summed E-state index contributed by atoms with van der Waals surface area (Å²) in [7, 11) is 0. The van der Waals surface area contributed by atoms with Gasteiger partial charge in [-0.25, -0.2) is 0 Å². The summed E-state index contributed by atoms with van der Waals surface area (Å²) in [5, 5.41) is 0. The van der Waals surface area contributed by atoms with Crippen molar-refractivity contribution in [3.05, 3.63) is 39.2 Å². The predicted octanol–water partition coefficient (Wildman–Crippen LogP) is 4.57. The normalized spacial score (nSPS) is 12.3. The molecule has 0 saturated heterocycles. The van der Waals surface area contributed by atoms with Crippen molar-refractivity contribution in [1.82, 2.24) is 0 Å². The summed E-state index contributed by atoms with van der Waals surface area (Å²) in [6.45, 7) is 4.56. The lowest BCUT2D eigenvalue weighted by molar-refractivity contribution is -0.108. The molecule has 4 heteroatoms. The largest absolute Gasteiger partial charge is 0.399 e. The second kappa shape index (κ2) is 4.16. The van der Waals surface area contributed by atoms with E-state index in [1.807, 2.05) is 0 Å². The van der Waals surface area contributed by atoms with E-state index in [4.69, 9.17) is 0 Å². The van der Waals surface area contributed by atoms with Crippen LogP contribution in [-0.2, 0) is 0 Å². The summed E-state index contributed by atoms with van der Waals surface area (Å²) < 4.78 is 38.3. The zero-order chi connectivity index (χ0) is 11.8. The Balaban J connectivity index is 3.21. The van der Waals surface area contributed by atoms with Crippen LogP contribution in [0.2, 0.25) is 0 Å². The minimum absolute atomic E-state index is 0.267. The molecule has 0 N–H and O–H groups in total. The SMILES string of the molecule is C[C](c1cc(C)c(Br)cc1C)C(F)(F)F. The van der Waals surface area contributed by atoms with Crippen molar-refractivity contribution >= 4 is 15.9 Å². The van der Waals surface area contributed by atoms with Gasteiger partial charge in [0, 0.05) is 4.47 Å². The van der Waals surface area contributed by atoms with Gasteiger partial charge >= 0.3 is 6.18 Å². The maximum atomic E-state index is 12.5. The van der Waals surface area contributed by atoms with E-state index in [-0.39, 0.29) is 5.56 Å². The Bertz CT molecular complexity index is 369. The monoisotopic (exact) mass is 279 g/mol. The molecule has 0 fully saturated rings. The molecule has 0 amide bonds. The quantitative estimate of drug-likeness (QED) is 0.706. The lowest BCUT2D eigenvalue weighted by Crippen LogP contribution is -2.19. The van der Waals surface area contributed by atoms with Crippen molar-refractivity contribution in [2.24, 2.45) is 0 Å². The van der Waals surface area contributed by atoms with Crippen LogP contribution in [0.1, 0.15) is 23.6 Å². The number of hydrogen-bond donors (Lipinski definition) is 0. The van der Waals surface area contributed by atoms with Gasteiger partial charge in [-0.1, -0.05) is 22.0 Å². The first-order chi connectivity index (χ1) is 6.73. The van der Waals surface area contributed by atoms with Crippen LogP contribution in [0.4, 0.5) is 13.2 Å². The highest BCUT2D eigenvalue weighted by Gasteiger charge is 2.38. The van der Waals surface area contributed by atoms with Crippen molar-refractivity contribution in [2.45, 2.75) is 26.9 Å². The molecule has 0 nitrogen and oxygen atoms in total. The van der Waals surface area contributed by atoms with Crippen LogP contribution in [0.3, 0.4) is 0 Å². The first-order valence-electron chi connectivity index (χ1n) is 4.41. The summed E-state index contributed by atoms with van der Waals surface area (Å²) in [4.78, 5) is 0. The molecule has 0 atom stereocenters. The Morgan fingerprint density at radius 1 is 1.13 bits per heavy atom. The van der Waals surface area contributed by atoms with E-state index >= 15 is 0 Å². The van der Waals surface area contributed by atoms with Gasteiger partial charge < -0.3 is 0 Å². The molecule has 1 aromatic rings. The van der Waals surface area contributed by atoms with Crippen LogP contribution in [0, 0.1) is 19.8 Å². The molecule has 0 unspecified atom stereocenters. The smallest absolute Gasteiger partial charge is 0.170 e. The Morgan fingerprint density at radius 3 is 2.13 bits per heavy atom. The fourth-order valence-corrected chi connectivity index (χ4v) is 1.80. The minimum atomic E-state index is -4.26. The van der Waals surface area contributed by atoms with E-state index in [9.17, 15) is 13.2 Å². The maximum absolute atomic E-state index is 12.5. The molecule has 0 spiro atoms. The minimum Gasteiger partial charge on any atom is -0.170 e. The lowest BCUT2D eigenvalue weighted by Gasteiger charge is -2.18. The second-order valence-corrected chi connectivity index (χ2v) is 4.39. The van der Waals surface area contributed by atoms with Gasteiger partial charge in [-0.05, 0) is 43.5 Å². The molecule has 0 aliphatic heterocycles. The number of rotatable bonds is 1. The van der Waals surface area contributed by atoms with Crippen LogP contribution in [0.5, 0.6) is 0 Å². The molecular weight excluding hydrogens is 269 g/mol. The third-order valence-electron chi connectivity index (χ3n) is 2.33. The van der Waals surface area contributed by atoms with Crippen molar-refractivity contribution in [3.8, 4) is 0 Å². The molecule has 0 aliphatic rings. The van der Waals surface area contributed by atoms with E-state index in [0.717, 1.165) is 17.0 Å². The Hall–Kier alpha value is -0.510. The number of halogens is 4. The summed E-state index contributed by atoms with van der Waals surface area (Å²) >= 11 is 3.29. The van der Waals surface area contributed by atoms with E-state index in [1.54, 1.807) is 26.0 Å². The highest BCUT2D eigenvalue weighted by atomic mass is 79.9. The van der Waals surface area contributed by atoms with E-state index in [2.05, 4.69) is 15.9 Å². The first kappa shape index (κ1) is 12.6. The molecule has 1 aromatic carbocycles. The van der Waals surface area contributed by atoms with Gasteiger partial charge in [0.25, 0.3) is 0 Å². The number of aryl methyl sites for hydroxylation is 2. The predicted molar refractivity (Wildman–Crippen MR) is 57.7 cm³/mol. The highest BCUT2D eigenvalue weighted by molar-refractivity contribution is 9.10. The summed E-state index contributed by atoms with van der Waals surface area (Å²) in [6.07, 6.45) is -4.26. The summed E-state index contributed by atoms with van der Waals surface area (Å²) in [5.74, 6) is -0.546. The van der Waals surface area contributed by atoms with E-state index in [1.165, 1.54) is 0 Å². The van der Waals surface area contributed by atoms with Crippen molar-refractivity contribution in [2.75, 3.05) is 0 Å². The van der Waals surface area contributed by atoms with Gasteiger partial charge in [0.05, 0.1) is 0 Å². The molecule has 15 heavy (non-hydrogen) atoms. The fourth-order valence-electron chi connectivity index (χ4n) is 1.34. The van der Waals surface area contributed by atoms with Crippen molar-refractivity contribution in [1.29, 1.82) is 0 Å². The molecule has 83 valence electrons. The number of alkyl halides is 3. The van der Waals surface area contributed by atoms with Crippen LogP contribution in [0.25, 0.3) is 0 Å². The molecular formula is C11H11BrF3. The molecule has 0 bridgehead atoms. The molecule has 0 aliphatic carbocycles. The van der Waals surface area contributed by atoms with Crippen LogP contribution >= 0.6 is 15.9 Å². The van der Waals surface area contributed by atoms with E-state index in [0.29, 0.717) is 5.56 Å². The molecule has 1 radical (unpaired) electrons. The maximum Gasteiger partial charge on any atom is 0.399 e. The zero-order valence-corrected chi connectivity index (χ0v) is 10.3. The van der Waals surface area contributed by atoms with Crippen LogP contribution < -0.4 is 0 Å². The van der Waals surface area contributed by atoms with Gasteiger partial charge in [0.1, 0.15) is 5.92 Å². The van der Waals surface area contributed by atoms with Gasteiger partial charge in [-0.3, -0.25) is 0 Å². The van der Waals surface area contributed by atoms with Gasteiger partial charge in [-0.15, -0.1) is 0 Å². The molecule has 0 aromatic heterocycles. The molecule has 0 saturated carbocycles. The van der Waals surface area contributed by atoms with Gasteiger partial charge in [0.15, 0.2) is 0 Å². The third kappa shape index (κ3) is 2.74. The summed E-state index contributed by atoms with van der Waals surface area (Å²) in [6, 6.07) is 3.27. The topological polar surface area (TPSA) is 0 Å². The van der Waals surface area contributed by atoms with Gasteiger partial charge in [-0.2, -0.15) is 13.2 Å². The molecule has 0 heterocycles. The lowest BCUT2D eigenvalue weighted by atomic mass is 9.94. The van der Waals surface area contributed by atoms with E-state index < -0.39 is 12.1 Å². The number of benzene rings is 1. The average Bonchev–Trinajstić information content (AvgIpc) is 2.08. The van der Waals surface area contributed by atoms with Crippen molar-refractivity contribution in [3.63, 3.8) is 0 Å². The fraction of sp³-hybridized carbons (Fsp3) is 0.364. The summed E-state index contributed by atoms with van der Waals surface area (Å²) in [5.41, 5.74) is 1.70. The zero-order valence-electron chi connectivity index (χ0n) is 8.67. The standard InChI is InChI=1S/C11H11BrF3/c1-6-5-10(12)7(2)4-9(6)8(3)11(13,14)15/h4-5H,1-3H3. The van der Waals surface area contributed by atoms with Crippen LogP contribution in [-0.4, -0.2) is 6.18 Å². The third-order valence-corrected chi connectivity index (χ3v) is 3.19. The Kier molecular flexibility index (Phi) is 3.48. The number of hydrogen-bond acceptors (Lipinski definition) is 0. The second-order valence-electron chi connectivity index (χ2n) is 3.54. The van der Waals surface area contributed by atoms with Gasteiger partial charge in [0.2, 0.25) is 0 Å². The molecule has 1 rings (SSSR count). The highest BCUT2D eigenvalue weighted by Crippen LogP contribution is 2.36. The Morgan fingerprint density at radius 2 is 1.67 bits per heavy atom. The Labute approximate surface area is 95.6 Å². The van der Waals surface area contributed by atoms with Crippen LogP contribution in [0.15, 0.2) is 16.6 Å².